The molecule has 2 N–H and O–H groups in total. The number of phosphoric acid groups is 1. The van der Waals surface area contributed by atoms with Crippen molar-refractivity contribution in [1.29, 1.82) is 0 Å². The van der Waals surface area contributed by atoms with Crippen LogP contribution in [0.2, 0.25) is 0 Å². The molecule has 0 spiro atoms. The molecule has 3 atom stereocenters. The van der Waals surface area contributed by atoms with Gasteiger partial charge in [-0.1, -0.05) is 223 Å². The second kappa shape index (κ2) is 45.6. The first-order valence-corrected chi connectivity index (χ1v) is 28.0. The monoisotopic (exact) mass is 907 g/mol. The summed E-state index contributed by atoms with van der Waals surface area (Å²) in [7, 11) is 1.23. The summed E-state index contributed by atoms with van der Waals surface area (Å²) in [5, 5.41) is 13.8. The molecule has 0 radical (unpaired) electrons. The van der Waals surface area contributed by atoms with Crippen LogP contribution in [0.3, 0.4) is 0 Å². The maximum absolute atomic E-state index is 12.9. The quantitative estimate of drug-likeness (QED) is 0.0272. The zero-order valence-electron chi connectivity index (χ0n) is 42.0. The lowest BCUT2D eigenvalue weighted by Crippen LogP contribution is -2.45. The number of amides is 1. The lowest BCUT2D eigenvalue weighted by Gasteiger charge is -2.29. The van der Waals surface area contributed by atoms with Crippen LogP contribution >= 0.6 is 7.82 Å². The van der Waals surface area contributed by atoms with Crippen LogP contribution in [-0.2, 0) is 18.4 Å². The van der Waals surface area contributed by atoms with E-state index in [-0.39, 0.29) is 12.5 Å². The summed E-state index contributed by atoms with van der Waals surface area (Å²) in [6.45, 7) is 4.58. The molecular weight excluding hydrogens is 804 g/mol. The van der Waals surface area contributed by atoms with Crippen molar-refractivity contribution in [2.45, 2.75) is 251 Å². The molecule has 0 saturated heterocycles. The maximum Gasteiger partial charge on any atom is 0.268 e. The molecule has 0 aliphatic rings. The Morgan fingerprint density at radius 1 is 0.556 bits per heavy atom. The molecule has 0 aromatic rings. The minimum Gasteiger partial charge on any atom is -0.756 e. The average Bonchev–Trinajstić information content (AvgIpc) is 3.24. The fourth-order valence-corrected chi connectivity index (χ4v) is 8.26. The van der Waals surface area contributed by atoms with Gasteiger partial charge in [-0.05, 0) is 57.8 Å². The Morgan fingerprint density at radius 2 is 0.952 bits per heavy atom. The van der Waals surface area contributed by atoms with Crippen molar-refractivity contribution in [3.63, 3.8) is 0 Å². The minimum atomic E-state index is -4.60. The van der Waals surface area contributed by atoms with Gasteiger partial charge in [0.2, 0.25) is 5.91 Å². The normalized spacial score (nSPS) is 14.5. The first-order chi connectivity index (χ1) is 30.5. The molecule has 0 saturated carbocycles. The summed E-state index contributed by atoms with van der Waals surface area (Å²) in [5.41, 5.74) is 0. The third-order valence-corrected chi connectivity index (χ3v) is 12.7. The highest BCUT2D eigenvalue weighted by molar-refractivity contribution is 7.45. The van der Waals surface area contributed by atoms with Gasteiger partial charge < -0.3 is 28.8 Å². The number of aliphatic hydroxyl groups excluding tert-OH is 1. The number of nitrogens with one attached hydrogen (secondary N) is 1. The molecule has 3 unspecified atom stereocenters. The first kappa shape index (κ1) is 61.5. The number of likely N-dealkylation sites (N-methyl/N-ethyl adjacent to an activating group) is 1. The number of carbonyl (C=O) groups is 1. The highest BCUT2D eigenvalue weighted by Crippen LogP contribution is 2.38. The Balaban J connectivity index is 4.26. The standard InChI is InChI=1S/C54H103N2O6P/c1-6-8-10-12-14-16-18-20-22-23-24-25-26-27-28-29-30-31-32-33-34-35-37-39-41-43-45-47-53(57)52(51-62-63(59,60)61-50-49-56(3,4)5)55-54(58)48-46-44-42-40-38-36-21-19-17-15-13-11-9-7-2/h13,15,19,21,37,39,45,47,52-53,57H,6-12,14,16-18,20,22-36,38,40-44,46,48-51H2,1-5H3,(H-,55,58,59,60)/b15-13-,21-19-,39-37+,47-45+. The van der Waals surface area contributed by atoms with Crippen LogP contribution in [0.4, 0.5) is 0 Å². The van der Waals surface area contributed by atoms with Crippen molar-refractivity contribution in [2.24, 2.45) is 0 Å². The van der Waals surface area contributed by atoms with Crippen LogP contribution in [0.25, 0.3) is 0 Å². The fraction of sp³-hybridized carbons (Fsp3) is 0.833. The summed E-state index contributed by atoms with van der Waals surface area (Å²) in [6.07, 6.45) is 59.0. The van der Waals surface area contributed by atoms with E-state index >= 15 is 0 Å². The molecule has 0 aliphatic heterocycles. The fourth-order valence-electron chi connectivity index (χ4n) is 7.54. The van der Waals surface area contributed by atoms with E-state index in [1.807, 2.05) is 27.2 Å². The summed E-state index contributed by atoms with van der Waals surface area (Å²) in [6, 6.07) is -0.911. The van der Waals surface area contributed by atoms with E-state index < -0.39 is 26.6 Å². The Morgan fingerprint density at radius 3 is 1.43 bits per heavy atom. The highest BCUT2D eigenvalue weighted by Gasteiger charge is 2.23. The van der Waals surface area contributed by atoms with Gasteiger partial charge in [0, 0.05) is 6.42 Å². The van der Waals surface area contributed by atoms with Crippen molar-refractivity contribution in [3.8, 4) is 0 Å². The molecule has 1 amide bonds. The molecule has 9 heteroatoms. The lowest BCUT2D eigenvalue weighted by atomic mass is 10.0. The first-order valence-electron chi connectivity index (χ1n) is 26.5. The van der Waals surface area contributed by atoms with Crippen molar-refractivity contribution in [3.05, 3.63) is 48.6 Å². The summed E-state index contributed by atoms with van der Waals surface area (Å²) in [5.74, 6) is -0.221. The molecule has 8 nitrogen and oxygen atoms in total. The van der Waals surface area contributed by atoms with Gasteiger partial charge >= 0.3 is 0 Å². The predicted octanol–water partition coefficient (Wildman–Crippen LogP) is 15.0. The van der Waals surface area contributed by atoms with Crippen molar-refractivity contribution in [2.75, 3.05) is 40.9 Å². The molecule has 63 heavy (non-hydrogen) atoms. The predicted molar refractivity (Wildman–Crippen MR) is 270 cm³/mol. The van der Waals surface area contributed by atoms with Crippen LogP contribution < -0.4 is 10.2 Å². The Kier molecular flexibility index (Phi) is 44.5. The SMILES string of the molecule is CCCC/C=C\C/C=C\CCCCCCCC(=O)NC(COP(=O)([O-])OCC[N+](C)(C)C)C(O)/C=C/CC/C=C/CCCCCCCCCCCCCCCCCCCCCCC. The van der Waals surface area contributed by atoms with Gasteiger partial charge in [-0.15, -0.1) is 0 Å². The van der Waals surface area contributed by atoms with Crippen LogP contribution in [-0.4, -0.2) is 68.5 Å². The smallest absolute Gasteiger partial charge is 0.268 e. The number of aliphatic hydroxyl groups is 1. The Hall–Kier alpha value is -1.54. The molecule has 0 aromatic heterocycles. The number of unbranched alkanes of at least 4 members (excludes halogenated alkanes) is 29. The van der Waals surface area contributed by atoms with Gasteiger partial charge in [0.25, 0.3) is 7.82 Å². The number of carbonyl (C=O) groups excluding carboxylic acids is 1. The number of rotatable bonds is 48. The van der Waals surface area contributed by atoms with E-state index in [0.717, 1.165) is 64.2 Å². The largest absolute Gasteiger partial charge is 0.756 e. The highest BCUT2D eigenvalue weighted by atomic mass is 31.2. The zero-order chi connectivity index (χ0) is 46.4. The van der Waals surface area contributed by atoms with Gasteiger partial charge in [0.15, 0.2) is 0 Å². The number of allylic oxidation sites excluding steroid dienone is 7. The second-order valence-electron chi connectivity index (χ2n) is 19.2. The summed E-state index contributed by atoms with van der Waals surface area (Å²) >= 11 is 0. The van der Waals surface area contributed by atoms with E-state index in [1.165, 1.54) is 154 Å². The lowest BCUT2D eigenvalue weighted by molar-refractivity contribution is -0.870. The molecule has 0 aromatic carbocycles. The average molecular weight is 907 g/mol. The number of quaternary nitrogens is 1. The van der Waals surface area contributed by atoms with Crippen LogP contribution in [0.15, 0.2) is 48.6 Å². The second-order valence-corrected chi connectivity index (χ2v) is 20.6. The van der Waals surface area contributed by atoms with Crippen molar-refractivity contribution < 1.29 is 32.9 Å². The summed E-state index contributed by atoms with van der Waals surface area (Å²) in [4.78, 5) is 25.4. The van der Waals surface area contributed by atoms with E-state index in [2.05, 4.69) is 55.6 Å². The van der Waals surface area contributed by atoms with Gasteiger partial charge in [-0.2, -0.15) is 0 Å². The van der Waals surface area contributed by atoms with Gasteiger partial charge in [-0.3, -0.25) is 9.36 Å². The van der Waals surface area contributed by atoms with E-state index in [4.69, 9.17) is 9.05 Å². The Bertz CT molecular complexity index is 1170. The number of phosphoric ester groups is 1. The summed E-state index contributed by atoms with van der Waals surface area (Å²) < 4.78 is 23.2. The van der Waals surface area contributed by atoms with E-state index in [9.17, 15) is 19.4 Å². The minimum absolute atomic E-state index is 0.0103. The van der Waals surface area contributed by atoms with E-state index in [1.54, 1.807) is 6.08 Å². The zero-order valence-corrected chi connectivity index (χ0v) is 42.9. The van der Waals surface area contributed by atoms with Crippen molar-refractivity contribution >= 4 is 13.7 Å². The number of nitrogens with zero attached hydrogens (tertiary/aromatic N) is 1. The topological polar surface area (TPSA) is 108 Å². The van der Waals surface area contributed by atoms with Gasteiger partial charge in [0.1, 0.15) is 13.2 Å². The third-order valence-electron chi connectivity index (χ3n) is 11.8. The van der Waals surface area contributed by atoms with E-state index in [0.29, 0.717) is 17.4 Å². The third kappa shape index (κ3) is 48.2. The van der Waals surface area contributed by atoms with Crippen LogP contribution in [0, 0.1) is 0 Å². The van der Waals surface area contributed by atoms with Crippen molar-refractivity contribution in [1.82, 2.24) is 5.32 Å². The van der Waals surface area contributed by atoms with Crippen LogP contribution in [0.1, 0.15) is 239 Å². The van der Waals surface area contributed by atoms with Gasteiger partial charge in [0.05, 0.1) is 39.9 Å². The molecular formula is C54H103N2O6P. The molecule has 0 rings (SSSR count). The number of hydrogen-bond acceptors (Lipinski definition) is 6. The maximum atomic E-state index is 12.9. The Labute approximate surface area is 390 Å². The molecule has 0 aliphatic carbocycles. The molecule has 0 heterocycles. The molecule has 370 valence electrons. The van der Waals surface area contributed by atoms with Crippen LogP contribution in [0.5, 0.6) is 0 Å². The molecule has 0 fully saturated rings. The van der Waals surface area contributed by atoms with Gasteiger partial charge in [-0.25, -0.2) is 0 Å². The molecule has 0 bridgehead atoms. The number of hydrogen-bond donors (Lipinski definition) is 2.